The van der Waals surface area contributed by atoms with Crippen LogP contribution in [0.1, 0.15) is 11.7 Å². The van der Waals surface area contributed by atoms with Crippen LogP contribution in [-0.2, 0) is 11.2 Å². The molecule has 0 saturated carbocycles. The van der Waals surface area contributed by atoms with Crippen molar-refractivity contribution in [3.8, 4) is 0 Å². The first-order valence-electron chi connectivity index (χ1n) is 4.15. The maximum absolute atomic E-state index is 12.0. The van der Waals surface area contributed by atoms with E-state index >= 15 is 0 Å². The molecule has 0 radical (unpaired) electrons. The average molecular weight is 188 g/mol. The summed E-state index contributed by atoms with van der Waals surface area (Å²) in [4.78, 5) is 0. The Morgan fingerprint density at radius 1 is 1.62 bits per heavy atom. The van der Waals surface area contributed by atoms with Crippen molar-refractivity contribution in [2.24, 2.45) is 0 Å². The maximum atomic E-state index is 12.0. The Kier molecular flexibility index (Phi) is 2.26. The minimum atomic E-state index is -2.32. The largest absolute Gasteiger partial charge is 0.377 e. The van der Waals surface area contributed by atoms with E-state index < -0.39 is 6.43 Å². The van der Waals surface area contributed by atoms with E-state index in [1.54, 1.807) is 16.9 Å². The second kappa shape index (κ2) is 3.41. The van der Waals surface area contributed by atoms with Crippen molar-refractivity contribution in [2.75, 3.05) is 13.2 Å². The van der Waals surface area contributed by atoms with E-state index in [2.05, 4.69) is 5.10 Å². The van der Waals surface area contributed by atoms with Gasteiger partial charge in [-0.2, -0.15) is 5.10 Å². The monoisotopic (exact) mass is 188 g/mol. The normalized spacial score (nSPS) is 17.8. The highest BCUT2D eigenvalue weighted by molar-refractivity contribution is 5.01. The van der Waals surface area contributed by atoms with Gasteiger partial charge in [-0.05, 0) is 6.07 Å². The molecule has 1 aliphatic rings. The predicted molar refractivity (Wildman–Crippen MR) is 41.8 cm³/mol. The lowest BCUT2D eigenvalue weighted by molar-refractivity contribution is -0.0288. The van der Waals surface area contributed by atoms with Crippen LogP contribution in [0.5, 0.6) is 0 Å². The minimum Gasteiger partial charge on any atom is -0.377 e. The first kappa shape index (κ1) is 8.62. The zero-order valence-electron chi connectivity index (χ0n) is 6.99. The van der Waals surface area contributed by atoms with E-state index in [0.29, 0.717) is 18.9 Å². The number of aromatic nitrogens is 2. The molecule has 13 heavy (non-hydrogen) atoms. The van der Waals surface area contributed by atoms with Crippen molar-refractivity contribution in [1.29, 1.82) is 0 Å². The van der Waals surface area contributed by atoms with Gasteiger partial charge in [0.1, 0.15) is 0 Å². The first-order chi connectivity index (χ1) is 6.25. The van der Waals surface area contributed by atoms with Gasteiger partial charge in [-0.25, -0.2) is 8.78 Å². The van der Waals surface area contributed by atoms with Gasteiger partial charge in [-0.1, -0.05) is 0 Å². The Balaban J connectivity index is 2.00. The van der Waals surface area contributed by atoms with Crippen molar-refractivity contribution in [1.82, 2.24) is 9.78 Å². The molecule has 0 unspecified atom stereocenters. The molecule has 1 fully saturated rings. The summed E-state index contributed by atoms with van der Waals surface area (Å²) in [5.74, 6) is 0. The molecular formula is C8H10F2N2O. The number of alkyl halides is 2. The van der Waals surface area contributed by atoms with Gasteiger partial charge < -0.3 is 4.74 Å². The predicted octanol–water partition coefficient (Wildman–Crippen LogP) is 1.26. The summed E-state index contributed by atoms with van der Waals surface area (Å²) in [5.41, 5.74) is 0.446. The third kappa shape index (κ3) is 1.85. The summed E-state index contributed by atoms with van der Waals surface area (Å²) in [6.45, 7) is 1.27. The molecule has 1 aliphatic heterocycles. The van der Waals surface area contributed by atoms with Crippen LogP contribution in [-0.4, -0.2) is 29.4 Å². The molecule has 3 nitrogen and oxygen atoms in total. The maximum Gasteiger partial charge on any atom is 0.244 e. The van der Waals surface area contributed by atoms with E-state index in [9.17, 15) is 8.78 Å². The number of ether oxygens (including phenoxy) is 1. The van der Waals surface area contributed by atoms with Gasteiger partial charge in [-0.3, -0.25) is 4.68 Å². The van der Waals surface area contributed by atoms with Crippen LogP contribution in [0.4, 0.5) is 8.78 Å². The Morgan fingerprint density at radius 2 is 2.38 bits per heavy atom. The fourth-order valence-corrected chi connectivity index (χ4v) is 1.22. The molecule has 2 heterocycles. The van der Waals surface area contributed by atoms with Crippen LogP contribution < -0.4 is 0 Å². The van der Waals surface area contributed by atoms with Crippen LogP contribution in [0.2, 0.25) is 0 Å². The highest BCUT2D eigenvalue weighted by Gasteiger charge is 2.21. The molecule has 1 aromatic rings. The summed E-state index contributed by atoms with van der Waals surface area (Å²) in [7, 11) is 0. The van der Waals surface area contributed by atoms with E-state index in [0.717, 1.165) is 0 Å². The molecule has 0 atom stereocenters. The van der Waals surface area contributed by atoms with Crippen LogP contribution in [0.25, 0.3) is 0 Å². The number of nitrogens with zero attached hydrogens (tertiary/aromatic N) is 2. The van der Waals surface area contributed by atoms with Crippen LogP contribution in [0.3, 0.4) is 0 Å². The second-order valence-corrected chi connectivity index (χ2v) is 3.07. The van der Waals surface area contributed by atoms with Crippen molar-refractivity contribution in [3.05, 3.63) is 18.0 Å². The van der Waals surface area contributed by atoms with Crippen LogP contribution >= 0.6 is 0 Å². The summed E-state index contributed by atoms with van der Waals surface area (Å²) < 4.78 is 30.6. The van der Waals surface area contributed by atoms with Gasteiger partial charge in [0.05, 0.1) is 31.4 Å². The number of halogens is 2. The van der Waals surface area contributed by atoms with E-state index in [1.807, 2.05) is 0 Å². The molecule has 72 valence electrons. The zero-order chi connectivity index (χ0) is 9.26. The molecule has 5 heteroatoms. The molecule has 0 aromatic carbocycles. The Bertz CT molecular complexity index is 283. The van der Waals surface area contributed by atoms with Gasteiger partial charge in [-0.15, -0.1) is 0 Å². The molecule has 0 N–H and O–H groups in total. The molecular weight excluding hydrogens is 178 g/mol. The number of rotatable bonds is 3. The van der Waals surface area contributed by atoms with Gasteiger partial charge in [0.25, 0.3) is 0 Å². The van der Waals surface area contributed by atoms with Gasteiger partial charge in [0.15, 0.2) is 0 Å². The summed E-state index contributed by atoms with van der Waals surface area (Å²) in [5, 5.41) is 4.03. The third-order valence-corrected chi connectivity index (χ3v) is 2.02. The van der Waals surface area contributed by atoms with Gasteiger partial charge >= 0.3 is 0 Å². The molecule has 2 rings (SSSR count). The molecule has 1 saturated heterocycles. The van der Waals surface area contributed by atoms with E-state index in [1.165, 1.54) is 0 Å². The average Bonchev–Trinajstić information content (AvgIpc) is 2.31. The van der Waals surface area contributed by atoms with E-state index in [-0.39, 0.29) is 12.5 Å². The van der Waals surface area contributed by atoms with Crippen molar-refractivity contribution in [2.45, 2.75) is 18.9 Å². The minimum absolute atomic E-state index is 0.242. The van der Waals surface area contributed by atoms with Crippen molar-refractivity contribution >= 4 is 0 Å². The summed E-state index contributed by atoms with van der Waals surface area (Å²) in [6, 6.07) is 1.87. The lowest BCUT2D eigenvalue weighted by Gasteiger charge is -2.25. The number of hydrogen-bond acceptors (Lipinski definition) is 2. The Morgan fingerprint density at radius 3 is 2.92 bits per heavy atom. The van der Waals surface area contributed by atoms with E-state index in [4.69, 9.17) is 4.74 Å². The highest BCUT2D eigenvalue weighted by atomic mass is 19.3. The topological polar surface area (TPSA) is 27.1 Å². The Hall–Kier alpha value is -0.970. The molecule has 0 amide bonds. The lowest BCUT2D eigenvalue weighted by atomic mass is 10.3. The Labute approximate surface area is 74.3 Å². The second-order valence-electron chi connectivity index (χ2n) is 3.07. The third-order valence-electron chi connectivity index (χ3n) is 2.02. The summed E-state index contributed by atoms with van der Waals surface area (Å²) >= 11 is 0. The highest BCUT2D eigenvalue weighted by Crippen LogP contribution is 2.16. The molecule has 0 spiro atoms. The standard InChI is InChI=1S/C8H10F2N2O/c9-8(10)3-6-1-2-12(11-6)7-4-13-5-7/h1-2,7-8H,3-5H2. The smallest absolute Gasteiger partial charge is 0.244 e. The van der Waals surface area contributed by atoms with Crippen LogP contribution in [0, 0.1) is 0 Å². The molecule has 1 aromatic heterocycles. The zero-order valence-corrected chi connectivity index (χ0v) is 6.99. The fourth-order valence-electron chi connectivity index (χ4n) is 1.22. The SMILES string of the molecule is FC(F)Cc1ccn(C2COC2)n1. The molecule has 0 bridgehead atoms. The van der Waals surface area contributed by atoms with Crippen molar-refractivity contribution in [3.63, 3.8) is 0 Å². The summed E-state index contributed by atoms with van der Waals surface area (Å²) in [6.07, 6.45) is -0.855. The lowest BCUT2D eigenvalue weighted by Crippen LogP contribution is -2.31. The quantitative estimate of drug-likeness (QED) is 0.714. The van der Waals surface area contributed by atoms with Gasteiger partial charge in [0.2, 0.25) is 6.43 Å². The number of hydrogen-bond donors (Lipinski definition) is 0. The fraction of sp³-hybridized carbons (Fsp3) is 0.625. The molecule has 0 aliphatic carbocycles. The van der Waals surface area contributed by atoms with Gasteiger partial charge in [0, 0.05) is 6.20 Å². The van der Waals surface area contributed by atoms with Crippen molar-refractivity contribution < 1.29 is 13.5 Å². The first-order valence-corrected chi connectivity index (χ1v) is 4.15. The van der Waals surface area contributed by atoms with Crippen LogP contribution in [0.15, 0.2) is 12.3 Å².